The minimum absolute atomic E-state index is 0.0227. The lowest BCUT2D eigenvalue weighted by Crippen LogP contribution is -2.30. The van der Waals surface area contributed by atoms with Crippen LogP contribution in [0.15, 0.2) is 36.4 Å². The highest BCUT2D eigenvalue weighted by molar-refractivity contribution is 7.18. The highest BCUT2D eigenvalue weighted by Gasteiger charge is 2.30. The third-order valence-electron chi connectivity index (χ3n) is 4.49. The summed E-state index contributed by atoms with van der Waals surface area (Å²) in [6, 6.07) is 11.4. The molecule has 1 atom stereocenters. The van der Waals surface area contributed by atoms with E-state index in [0.717, 1.165) is 30.7 Å². The predicted octanol–water partition coefficient (Wildman–Crippen LogP) is 4.74. The Hall–Kier alpha value is -1.85. The summed E-state index contributed by atoms with van der Waals surface area (Å²) in [5, 5.41) is 0. The van der Waals surface area contributed by atoms with Gasteiger partial charge >= 0.3 is 0 Å². The summed E-state index contributed by atoms with van der Waals surface area (Å²) in [6.07, 6.45) is 2.39. The number of halogens is 1. The molecule has 0 radical (unpaired) electrons. The summed E-state index contributed by atoms with van der Waals surface area (Å²) < 4.78 is 5.78. The summed E-state index contributed by atoms with van der Waals surface area (Å²) in [4.78, 5) is 27.3. The van der Waals surface area contributed by atoms with Gasteiger partial charge in [0.25, 0.3) is 0 Å². The molecule has 0 saturated carbocycles. The molecule has 1 aliphatic heterocycles. The molecule has 1 saturated heterocycles. The van der Waals surface area contributed by atoms with Crippen LogP contribution in [-0.4, -0.2) is 30.2 Å². The van der Waals surface area contributed by atoms with E-state index in [0.29, 0.717) is 9.21 Å². The lowest BCUT2D eigenvalue weighted by atomic mass is 10.0. The van der Waals surface area contributed by atoms with Crippen LogP contribution < -0.4 is 4.74 Å². The predicted molar refractivity (Wildman–Crippen MR) is 99.6 cm³/mol. The summed E-state index contributed by atoms with van der Waals surface area (Å²) in [5.74, 6) is 0.819. The monoisotopic (exact) mass is 377 g/mol. The number of rotatable bonds is 6. The van der Waals surface area contributed by atoms with E-state index in [2.05, 4.69) is 0 Å². The molecule has 1 amide bonds. The molecule has 0 aliphatic carbocycles. The average Bonchev–Trinajstić information content (AvgIpc) is 3.28. The van der Waals surface area contributed by atoms with Crippen molar-refractivity contribution in [1.82, 2.24) is 4.90 Å². The Labute approximate surface area is 156 Å². The van der Waals surface area contributed by atoms with Gasteiger partial charge in [0.15, 0.2) is 5.78 Å². The standard InChI is InChI=1S/C19H20ClNO3S/c1-24-14-6-4-13(5-7-14)15-3-2-12-21(15)19(23)11-8-16(22)17-9-10-18(20)25-17/h4-7,9-10,15H,2-3,8,11-12H2,1H3. The first-order valence-corrected chi connectivity index (χ1v) is 9.50. The number of Topliss-reactive ketones (excluding diaryl/α,β-unsaturated/α-hetero) is 1. The molecule has 0 bridgehead atoms. The Morgan fingerprint density at radius 3 is 2.60 bits per heavy atom. The fraction of sp³-hybridized carbons (Fsp3) is 0.368. The minimum Gasteiger partial charge on any atom is -0.497 e. The summed E-state index contributed by atoms with van der Waals surface area (Å²) in [5.41, 5.74) is 1.11. The van der Waals surface area contributed by atoms with Gasteiger partial charge in [-0.2, -0.15) is 0 Å². The highest BCUT2D eigenvalue weighted by atomic mass is 35.5. The van der Waals surface area contributed by atoms with Crippen LogP contribution in [0.25, 0.3) is 0 Å². The quantitative estimate of drug-likeness (QED) is 0.683. The first-order valence-electron chi connectivity index (χ1n) is 8.30. The Bertz CT molecular complexity index is 756. The number of hydrogen-bond donors (Lipinski definition) is 0. The molecule has 0 N–H and O–H groups in total. The van der Waals surface area contributed by atoms with Crippen molar-refractivity contribution in [3.8, 4) is 5.75 Å². The molecule has 132 valence electrons. The third kappa shape index (κ3) is 4.22. The number of ether oxygens (including phenoxy) is 1. The molecule has 2 heterocycles. The molecule has 3 rings (SSSR count). The van der Waals surface area contributed by atoms with Crippen molar-refractivity contribution < 1.29 is 14.3 Å². The van der Waals surface area contributed by atoms with Crippen molar-refractivity contribution >= 4 is 34.6 Å². The van der Waals surface area contributed by atoms with Crippen LogP contribution in [0.1, 0.15) is 47.0 Å². The van der Waals surface area contributed by atoms with Gasteiger partial charge in [0, 0.05) is 19.4 Å². The molecule has 1 aliphatic rings. The first kappa shape index (κ1) is 18.0. The molecule has 2 aromatic rings. The lowest BCUT2D eigenvalue weighted by molar-refractivity contribution is -0.132. The second kappa shape index (κ2) is 8.02. The smallest absolute Gasteiger partial charge is 0.223 e. The van der Waals surface area contributed by atoms with Gasteiger partial charge in [-0.15, -0.1) is 11.3 Å². The topological polar surface area (TPSA) is 46.6 Å². The SMILES string of the molecule is COc1ccc(C2CCCN2C(=O)CCC(=O)c2ccc(Cl)s2)cc1. The molecule has 1 aromatic carbocycles. The van der Waals surface area contributed by atoms with E-state index in [4.69, 9.17) is 16.3 Å². The number of carbonyl (C=O) groups excluding carboxylic acids is 2. The van der Waals surface area contributed by atoms with Gasteiger partial charge in [-0.1, -0.05) is 23.7 Å². The number of methoxy groups -OCH3 is 1. The molecular formula is C19H20ClNO3S. The number of benzene rings is 1. The molecule has 25 heavy (non-hydrogen) atoms. The Morgan fingerprint density at radius 2 is 1.96 bits per heavy atom. The Kier molecular flexibility index (Phi) is 5.76. The number of amides is 1. The van der Waals surface area contributed by atoms with Crippen LogP contribution in [0.4, 0.5) is 0 Å². The van der Waals surface area contributed by atoms with Gasteiger partial charge < -0.3 is 9.64 Å². The number of likely N-dealkylation sites (tertiary alicyclic amines) is 1. The van der Waals surface area contributed by atoms with Crippen molar-refractivity contribution in [2.24, 2.45) is 0 Å². The number of carbonyl (C=O) groups is 2. The average molecular weight is 378 g/mol. The van der Waals surface area contributed by atoms with Gasteiger partial charge in [-0.05, 0) is 42.7 Å². The minimum atomic E-state index is -0.0227. The second-order valence-electron chi connectivity index (χ2n) is 6.05. The number of thiophene rings is 1. The Balaban J connectivity index is 1.61. The number of hydrogen-bond acceptors (Lipinski definition) is 4. The third-order valence-corrected chi connectivity index (χ3v) is 5.76. The van der Waals surface area contributed by atoms with E-state index in [1.54, 1.807) is 19.2 Å². The van der Waals surface area contributed by atoms with Crippen molar-refractivity contribution in [3.63, 3.8) is 0 Å². The summed E-state index contributed by atoms with van der Waals surface area (Å²) in [7, 11) is 1.64. The van der Waals surface area contributed by atoms with Crippen molar-refractivity contribution in [3.05, 3.63) is 51.2 Å². The van der Waals surface area contributed by atoms with Gasteiger partial charge in [-0.3, -0.25) is 9.59 Å². The Morgan fingerprint density at radius 1 is 1.20 bits per heavy atom. The van der Waals surface area contributed by atoms with E-state index >= 15 is 0 Å². The molecule has 0 spiro atoms. The van der Waals surface area contributed by atoms with E-state index < -0.39 is 0 Å². The number of nitrogens with zero attached hydrogens (tertiary/aromatic N) is 1. The van der Waals surface area contributed by atoms with Crippen molar-refractivity contribution in [2.45, 2.75) is 31.7 Å². The van der Waals surface area contributed by atoms with Crippen molar-refractivity contribution in [1.29, 1.82) is 0 Å². The van der Waals surface area contributed by atoms with Crippen LogP contribution in [0.3, 0.4) is 0 Å². The second-order valence-corrected chi connectivity index (χ2v) is 7.76. The highest BCUT2D eigenvalue weighted by Crippen LogP contribution is 2.33. The largest absolute Gasteiger partial charge is 0.497 e. The van der Waals surface area contributed by atoms with E-state index in [1.165, 1.54) is 11.3 Å². The van der Waals surface area contributed by atoms with E-state index in [9.17, 15) is 9.59 Å². The van der Waals surface area contributed by atoms with E-state index in [1.807, 2.05) is 29.2 Å². The lowest BCUT2D eigenvalue weighted by Gasteiger charge is -2.25. The maximum absolute atomic E-state index is 12.6. The molecule has 1 unspecified atom stereocenters. The fourth-order valence-corrected chi connectivity index (χ4v) is 4.20. The fourth-order valence-electron chi connectivity index (χ4n) is 3.19. The zero-order valence-electron chi connectivity index (χ0n) is 14.0. The normalized spacial score (nSPS) is 16.9. The van der Waals surface area contributed by atoms with Crippen molar-refractivity contribution in [2.75, 3.05) is 13.7 Å². The van der Waals surface area contributed by atoms with Crippen LogP contribution in [-0.2, 0) is 4.79 Å². The van der Waals surface area contributed by atoms with Gasteiger partial charge in [0.2, 0.25) is 5.91 Å². The van der Waals surface area contributed by atoms with E-state index in [-0.39, 0.29) is 30.6 Å². The molecule has 1 fully saturated rings. The van der Waals surface area contributed by atoms with Crippen LogP contribution >= 0.6 is 22.9 Å². The summed E-state index contributed by atoms with van der Waals surface area (Å²) >= 11 is 7.12. The zero-order valence-corrected chi connectivity index (χ0v) is 15.6. The van der Waals surface area contributed by atoms with Gasteiger partial charge in [0.05, 0.1) is 22.4 Å². The summed E-state index contributed by atoms with van der Waals surface area (Å²) in [6.45, 7) is 0.745. The molecule has 6 heteroatoms. The van der Waals surface area contributed by atoms with Gasteiger partial charge in [-0.25, -0.2) is 0 Å². The van der Waals surface area contributed by atoms with Crippen LogP contribution in [0.5, 0.6) is 5.75 Å². The maximum atomic E-state index is 12.6. The maximum Gasteiger partial charge on any atom is 0.223 e. The van der Waals surface area contributed by atoms with Crippen LogP contribution in [0, 0.1) is 0 Å². The van der Waals surface area contributed by atoms with Crippen LogP contribution in [0.2, 0.25) is 4.34 Å². The first-order chi connectivity index (χ1) is 12.1. The molecule has 4 nitrogen and oxygen atoms in total. The van der Waals surface area contributed by atoms with Gasteiger partial charge in [0.1, 0.15) is 5.75 Å². The number of ketones is 1. The molecular weight excluding hydrogens is 358 g/mol. The zero-order chi connectivity index (χ0) is 17.8. The molecule has 1 aromatic heterocycles.